The molecule has 0 aromatic heterocycles. The predicted octanol–water partition coefficient (Wildman–Crippen LogP) is 14.3. The lowest BCUT2D eigenvalue weighted by molar-refractivity contribution is 0.185. The van der Waals surface area contributed by atoms with E-state index >= 15 is 0 Å². The first kappa shape index (κ1) is 44.4. The van der Waals surface area contributed by atoms with Crippen LogP contribution in [0.4, 0.5) is 0 Å². The first-order valence-corrected chi connectivity index (χ1v) is 20.2. The van der Waals surface area contributed by atoms with Crippen molar-refractivity contribution in [3.05, 3.63) is 66.8 Å². The molecule has 0 spiro atoms. The molecule has 48 heavy (non-hydrogen) atoms. The maximum absolute atomic E-state index is 2.56. The van der Waals surface area contributed by atoms with Crippen LogP contribution in [0.2, 0.25) is 0 Å². The third-order valence-electron chi connectivity index (χ3n) is 12.1. The van der Waals surface area contributed by atoms with Gasteiger partial charge in [0, 0.05) is 6.04 Å². The summed E-state index contributed by atoms with van der Waals surface area (Å²) >= 11 is 0. The smallest absolute Gasteiger partial charge is 0.00385 e. The van der Waals surface area contributed by atoms with Crippen LogP contribution in [-0.2, 0) is 6.42 Å². The van der Waals surface area contributed by atoms with Crippen molar-refractivity contribution in [2.24, 2.45) is 17.8 Å². The van der Waals surface area contributed by atoms with Gasteiger partial charge in [-0.2, -0.15) is 0 Å². The molecule has 0 unspecified atom stereocenters. The minimum absolute atomic E-state index is 0.632. The maximum Gasteiger partial charge on any atom is 0.00385 e. The third-order valence-corrected chi connectivity index (χ3v) is 12.1. The molecule has 2 aliphatic rings. The fourth-order valence-corrected chi connectivity index (χ4v) is 8.21. The topological polar surface area (TPSA) is 3.24 Å². The van der Waals surface area contributed by atoms with E-state index in [2.05, 4.69) is 130 Å². The van der Waals surface area contributed by atoms with Gasteiger partial charge in [-0.05, 0) is 212 Å². The monoisotopic (exact) mass is 662 g/mol. The lowest BCUT2D eigenvalue weighted by Gasteiger charge is -2.29. The summed E-state index contributed by atoms with van der Waals surface area (Å²) in [4.78, 5) is 2.56. The van der Waals surface area contributed by atoms with Crippen LogP contribution in [0, 0.1) is 87.0 Å². The molecule has 1 nitrogen and oxygen atoms in total. The number of nitrogens with zero attached hydrogens (tertiary/aromatic N) is 1. The maximum atomic E-state index is 2.56. The van der Waals surface area contributed by atoms with E-state index in [9.17, 15) is 0 Å². The predicted molar refractivity (Wildman–Crippen MR) is 219 cm³/mol. The van der Waals surface area contributed by atoms with Crippen LogP contribution in [0.3, 0.4) is 0 Å². The number of benzene rings is 2. The first-order chi connectivity index (χ1) is 22.3. The first-order valence-electron chi connectivity index (χ1n) is 20.2. The quantitative estimate of drug-likeness (QED) is 0.298. The van der Waals surface area contributed by atoms with Crippen molar-refractivity contribution in [2.75, 3.05) is 13.1 Å². The molecule has 0 amide bonds. The standard InChI is InChI=1S/C15H24.C14H22.C10H20.C8H17N/c1-9(2)8-15-13(6)11(4)10(3)12(5)14(15)7;1-8(2)14-12(6)10(4)9(3)11(5)13(14)7;1-9(2)8-10-6-4-3-5-7-10;1-8(2)9-6-4-3-5-7-9/h9H,8H2,1-7H3;8H,1-7H3;9-10H,3-8H2,1-2H3;8H,3-7H2,1-2H3. The van der Waals surface area contributed by atoms with Gasteiger partial charge < -0.3 is 4.90 Å². The minimum Gasteiger partial charge on any atom is -0.301 e. The Morgan fingerprint density at radius 3 is 1.17 bits per heavy atom. The number of hydrogen-bond acceptors (Lipinski definition) is 1. The summed E-state index contributed by atoms with van der Waals surface area (Å²) in [7, 11) is 0. The van der Waals surface area contributed by atoms with Crippen LogP contribution >= 0.6 is 0 Å². The Morgan fingerprint density at radius 1 is 0.458 bits per heavy atom. The van der Waals surface area contributed by atoms with Crippen molar-refractivity contribution >= 4 is 0 Å². The summed E-state index contributed by atoms with van der Waals surface area (Å²) in [6.45, 7) is 43.6. The number of rotatable bonds is 6. The van der Waals surface area contributed by atoms with E-state index in [1.54, 1.807) is 11.1 Å². The van der Waals surface area contributed by atoms with Crippen LogP contribution in [0.1, 0.15) is 186 Å². The van der Waals surface area contributed by atoms with E-state index in [1.807, 2.05) is 0 Å². The van der Waals surface area contributed by atoms with Crippen LogP contribution < -0.4 is 0 Å². The van der Waals surface area contributed by atoms with E-state index in [1.165, 1.54) is 133 Å². The van der Waals surface area contributed by atoms with Crippen molar-refractivity contribution in [2.45, 2.75) is 201 Å². The second kappa shape index (κ2) is 21.6. The van der Waals surface area contributed by atoms with E-state index in [4.69, 9.17) is 0 Å². The Labute approximate surface area is 302 Å². The van der Waals surface area contributed by atoms with Gasteiger partial charge in [0.2, 0.25) is 0 Å². The molecule has 2 aromatic carbocycles. The molecule has 1 saturated heterocycles. The average molecular weight is 662 g/mol. The van der Waals surface area contributed by atoms with E-state index in [-0.39, 0.29) is 0 Å². The second-order valence-corrected chi connectivity index (χ2v) is 17.2. The molecular formula is C47H83N. The average Bonchev–Trinajstić information content (AvgIpc) is 3.04. The molecule has 0 radical (unpaired) electrons. The van der Waals surface area contributed by atoms with Crippen LogP contribution in [-0.4, -0.2) is 24.0 Å². The summed E-state index contributed by atoms with van der Waals surface area (Å²) < 4.78 is 0. The van der Waals surface area contributed by atoms with Gasteiger partial charge in [0.05, 0.1) is 0 Å². The number of piperidine rings is 1. The lowest BCUT2D eigenvalue weighted by atomic mass is 9.84. The molecule has 2 aromatic rings. The van der Waals surface area contributed by atoms with E-state index < -0.39 is 0 Å². The Bertz CT molecular complexity index is 1170. The van der Waals surface area contributed by atoms with Gasteiger partial charge in [0.15, 0.2) is 0 Å². The highest BCUT2D eigenvalue weighted by Crippen LogP contribution is 2.31. The van der Waals surface area contributed by atoms with Crippen molar-refractivity contribution in [3.63, 3.8) is 0 Å². The number of hydrogen-bond donors (Lipinski definition) is 0. The van der Waals surface area contributed by atoms with Gasteiger partial charge >= 0.3 is 0 Å². The lowest BCUT2D eigenvalue weighted by Crippen LogP contribution is -2.35. The van der Waals surface area contributed by atoms with Crippen LogP contribution in [0.15, 0.2) is 0 Å². The van der Waals surface area contributed by atoms with Crippen molar-refractivity contribution in [3.8, 4) is 0 Å². The summed E-state index contributed by atoms with van der Waals surface area (Å²) in [5.41, 5.74) is 17.9. The molecule has 1 saturated carbocycles. The summed E-state index contributed by atoms with van der Waals surface area (Å²) in [6.07, 6.45) is 14.5. The zero-order chi connectivity index (χ0) is 36.9. The molecule has 1 heteroatoms. The van der Waals surface area contributed by atoms with Crippen LogP contribution in [0.25, 0.3) is 0 Å². The molecular weight excluding hydrogens is 579 g/mol. The Hall–Kier alpha value is -1.60. The minimum atomic E-state index is 0.632. The van der Waals surface area contributed by atoms with E-state index in [0.29, 0.717) is 5.92 Å². The SMILES string of the molecule is CC(C)CC1CCCCC1.CC(C)N1CCCCC1.Cc1c(C)c(C)c(C(C)C)c(C)c1C.Cc1c(C)c(C)c(CC(C)C)c(C)c1C. The van der Waals surface area contributed by atoms with Gasteiger partial charge in [0.25, 0.3) is 0 Å². The largest absolute Gasteiger partial charge is 0.301 e. The molecule has 1 aliphatic carbocycles. The number of likely N-dealkylation sites (tertiary alicyclic amines) is 1. The normalized spacial score (nSPS) is 15.6. The molecule has 276 valence electrons. The second-order valence-electron chi connectivity index (χ2n) is 17.2. The highest BCUT2D eigenvalue weighted by molar-refractivity contribution is 5.51. The zero-order valence-corrected chi connectivity index (χ0v) is 35.8. The molecule has 1 aliphatic heterocycles. The van der Waals surface area contributed by atoms with Gasteiger partial charge in [-0.25, -0.2) is 0 Å². The molecule has 2 fully saturated rings. The van der Waals surface area contributed by atoms with Gasteiger partial charge in [-0.1, -0.05) is 80.1 Å². The molecule has 1 heterocycles. The molecule has 0 bridgehead atoms. The van der Waals surface area contributed by atoms with Gasteiger partial charge in [0.1, 0.15) is 0 Å². The summed E-state index contributed by atoms with van der Waals surface area (Å²) in [6, 6.07) is 0.769. The molecule has 0 N–H and O–H groups in total. The summed E-state index contributed by atoms with van der Waals surface area (Å²) in [5, 5.41) is 0. The highest BCUT2D eigenvalue weighted by atomic mass is 15.1. The Morgan fingerprint density at radius 2 is 0.833 bits per heavy atom. The summed E-state index contributed by atoms with van der Waals surface area (Å²) in [5.74, 6) is 3.37. The van der Waals surface area contributed by atoms with Gasteiger partial charge in [-0.3, -0.25) is 0 Å². The van der Waals surface area contributed by atoms with Crippen LogP contribution in [0.5, 0.6) is 0 Å². The van der Waals surface area contributed by atoms with Gasteiger partial charge in [-0.15, -0.1) is 0 Å². The third kappa shape index (κ3) is 13.6. The molecule has 4 rings (SSSR count). The zero-order valence-electron chi connectivity index (χ0n) is 35.8. The molecule has 0 atom stereocenters. The van der Waals surface area contributed by atoms with Crippen molar-refractivity contribution in [1.82, 2.24) is 4.90 Å². The van der Waals surface area contributed by atoms with Crippen molar-refractivity contribution in [1.29, 1.82) is 0 Å². The fraction of sp³-hybridized carbons (Fsp3) is 0.745. The Balaban J connectivity index is 0.000000326. The fourth-order valence-electron chi connectivity index (χ4n) is 8.21. The highest BCUT2D eigenvalue weighted by Gasteiger charge is 2.16. The van der Waals surface area contributed by atoms with E-state index in [0.717, 1.165) is 23.8 Å². The Kier molecular flexibility index (Phi) is 20.0. The van der Waals surface area contributed by atoms with Crippen molar-refractivity contribution < 1.29 is 0 Å².